The molecular weight excluding hydrogens is 336 g/mol. The normalized spacial score (nSPS) is 13.1. The van der Waals surface area contributed by atoms with E-state index >= 15 is 0 Å². The second-order valence-corrected chi connectivity index (χ2v) is 6.33. The predicted molar refractivity (Wildman–Crippen MR) is 97.7 cm³/mol. The highest BCUT2D eigenvalue weighted by molar-refractivity contribution is 7.99. The first-order chi connectivity index (χ1) is 12.3. The second kappa shape index (κ2) is 6.60. The van der Waals surface area contributed by atoms with Crippen LogP contribution in [0.3, 0.4) is 0 Å². The Balaban J connectivity index is 1.82. The standard InChI is InChI=1S/C18H16N4O2S/c1-23-13-8-9-16(24-2)14(10-13)15-11-25-18-20-19-17(22(18)21-15)12-6-4-3-5-7-12/h3-10H,11H2,1-2H3. The number of hydrogen-bond donors (Lipinski definition) is 0. The van der Waals surface area contributed by atoms with Gasteiger partial charge in [-0.3, -0.25) is 0 Å². The highest BCUT2D eigenvalue weighted by Gasteiger charge is 2.22. The van der Waals surface area contributed by atoms with Crippen molar-refractivity contribution in [1.29, 1.82) is 0 Å². The molecule has 6 nitrogen and oxygen atoms in total. The van der Waals surface area contributed by atoms with Crippen LogP contribution in [0.5, 0.6) is 11.5 Å². The van der Waals surface area contributed by atoms with Crippen LogP contribution in [0.25, 0.3) is 11.4 Å². The molecule has 1 aromatic heterocycles. The first-order valence-electron chi connectivity index (χ1n) is 7.74. The molecule has 1 aliphatic rings. The van der Waals surface area contributed by atoms with E-state index in [1.807, 2.05) is 48.5 Å². The van der Waals surface area contributed by atoms with E-state index in [9.17, 15) is 0 Å². The summed E-state index contributed by atoms with van der Waals surface area (Å²) in [5, 5.41) is 14.1. The Morgan fingerprint density at radius 2 is 1.84 bits per heavy atom. The number of hydrogen-bond acceptors (Lipinski definition) is 6. The topological polar surface area (TPSA) is 61.5 Å². The molecule has 1 aliphatic heterocycles. The Labute approximate surface area is 149 Å². The van der Waals surface area contributed by atoms with E-state index in [0.717, 1.165) is 39.3 Å². The van der Waals surface area contributed by atoms with Crippen LogP contribution in [0.1, 0.15) is 5.56 Å². The molecule has 0 spiro atoms. The summed E-state index contributed by atoms with van der Waals surface area (Å²) < 4.78 is 12.6. The zero-order valence-corrected chi connectivity index (χ0v) is 14.7. The van der Waals surface area contributed by atoms with Gasteiger partial charge >= 0.3 is 0 Å². The number of methoxy groups -OCH3 is 2. The molecule has 2 heterocycles. The molecule has 0 aliphatic carbocycles. The molecule has 0 saturated carbocycles. The molecule has 4 rings (SSSR count). The molecule has 0 atom stereocenters. The minimum absolute atomic E-state index is 0.691. The summed E-state index contributed by atoms with van der Waals surface area (Å²) >= 11 is 1.60. The summed E-state index contributed by atoms with van der Waals surface area (Å²) in [5.41, 5.74) is 2.78. The quantitative estimate of drug-likeness (QED) is 0.721. The monoisotopic (exact) mass is 352 g/mol. The van der Waals surface area contributed by atoms with Gasteiger partial charge < -0.3 is 9.47 Å². The summed E-state index contributed by atoms with van der Waals surface area (Å²) in [6.07, 6.45) is 0. The Kier molecular flexibility index (Phi) is 4.15. The first kappa shape index (κ1) is 15.7. The molecule has 0 unspecified atom stereocenters. The Morgan fingerprint density at radius 1 is 1.00 bits per heavy atom. The number of fused-ring (bicyclic) bond motifs is 1. The van der Waals surface area contributed by atoms with Crippen molar-refractivity contribution in [3.05, 3.63) is 54.1 Å². The third-order valence-electron chi connectivity index (χ3n) is 3.92. The molecule has 3 aromatic rings. The number of benzene rings is 2. The van der Waals surface area contributed by atoms with Gasteiger partial charge in [-0.25, -0.2) is 0 Å². The van der Waals surface area contributed by atoms with Gasteiger partial charge in [0.1, 0.15) is 11.5 Å². The fraction of sp³-hybridized carbons (Fsp3) is 0.167. The average molecular weight is 352 g/mol. The van der Waals surface area contributed by atoms with E-state index in [1.165, 1.54) is 0 Å². The lowest BCUT2D eigenvalue weighted by Crippen LogP contribution is -2.15. The molecule has 0 radical (unpaired) electrons. The van der Waals surface area contributed by atoms with Crippen molar-refractivity contribution < 1.29 is 9.47 Å². The molecule has 25 heavy (non-hydrogen) atoms. The maximum absolute atomic E-state index is 5.50. The van der Waals surface area contributed by atoms with Gasteiger partial charge in [-0.1, -0.05) is 42.1 Å². The lowest BCUT2D eigenvalue weighted by atomic mass is 10.1. The molecule has 0 saturated heterocycles. The van der Waals surface area contributed by atoms with Gasteiger partial charge in [-0.2, -0.15) is 9.78 Å². The Morgan fingerprint density at radius 3 is 2.60 bits per heavy atom. The van der Waals surface area contributed by atoms with Crippen LogP contribution in [0.15, 0.2) is 58.8 Å². The van der Waals surface area contributed by atoms with E-state index in [1.54, 1.807) is 30.7 Å². The number of rotatable bonds is 4. The smallest absolute Gasteiger partial charge is 0.212 e. The van der Waals surface area contributed by atoms with Crippen molar-refractivity contribution in [2.45, 2.75) is 5.16 Å². The van der Waals surface area contributed by atoms with E-state index < -0.39 is 0 Å². The molecule has 0 N–H and O–H groups in total. The van der Waals surface area contributed by atoms with Crippen LogP contribution >= 0.6 is 11.8 Å². The van der Waals surface area contributed by atoms with Gasteiger partial charge in [-0.05, 0) is 18.2 Å². The van der Waals surface area contributed by atoms with Gasteiger partial charge in [0.15, 0.2) is 5.82 Å². The first-order valence-corrected chi connectivity index (χ1v) is 8.72. The summed E-state index contributed by atoms with van der Waals surface area (Å²) in [5.74, 6) is 2.94. The molecule has 0 fully saturated rings. The van der Waals surface area contributed by atoms with Crippen LogP contribution in [0.4, 0.5) is 0 Å². The van der Waals surface area contributed by atoms with Crippen LogP contribution < -0.4 is 9.47 Å². The molecule has 2 aromatic carbocycles. The van der Waals surface area contributed by atoms with Crippen molar-refractivity contribution >= 4 is 17.5 Å². The van der Waals surface area contributed by atoms with Crippen molar-refractivity contribution in [3.8, 4) is 22.9 Å². The summed E-state index contributed by atoms with van der Waals surface area (Å²) in [4.78, 5) is 0. The zero-order valence-electron chi connectivity index (χ0n) is 13.8. The molecule has 0 amide bonds. The van der Waals surface area contributed by atoms with E-state index in [4.69, 9.17) is 14.6 Å². The maximum atomic E-state index is 5.50. The largest absolute Gasteiger partial charge is 0.497 e. The number of aromatic nitrogens is 3. The van der Waals surface area contributed by atoms with Crippen LogP contribution in [0.2, 0.25) is 0 Å². The average Bonchev–Trinajstić information content (AvgIpc) is 3.11. The Hall–Kier alpha value is -2.80. The number of thioether (sulfide) groups is 1. The van der Waals surface area contributed by atoms with Crippen LogP contribution in [-0.4, -0.2) is 40.6 Å². The van der Waals surface area contributed by atoms with Gasteiger partial charge in [0.2, 0.25) is 5.16 Å². The van der Waals surface area contributed by atoms with Crippen molar-refractivity contribution in [2.24, 2.45) is 5.10 Å². The Bertz CT molecular complexity index is 938. The summed E-state index contributed by atoms with van der Waals surface area (Å²) in [7, 11) is 3.30. The third-order valence-corrected chi connectivity index (χ3v) is 4.85. The maximum Gasteiger partial charge on any atom is 0.212 e. The van der Waals surface area contributed by atoms with Crippen LogP contribution in [-0.2, 0) is 0 Å². The number of nitrogens with zero attached hydrogens (tertiary/aromatic N) is 4. The SMILES string of the molecule is COc1ccc(OC)c(C2=Nn3c(nnc3-c3ccccc3)SC2)c1. The van der Waals surface area contributed by atoms with Gasteiger partial charge in [0.25, 0.3) is 0 Å². The fourth-order valence-electron chi connectivity index (χ4n) is 2.67. The van der Waals surface area contributed by atoms with Gasteiger partial charge in [-0.15, -0.1) is 10.2 Å². The predicted octanol–water partition coefficient (Wildman–Crippen LogP) is 3.32. The van der Waals surface area contributed by atoms with Crippen LogP contribution in [0, 0.1) is 0 Å². The lowest BCUT2D eigenvalue weighted by molar-refractivity contribution is 0.402. The van der Waals surface area contributed by atoms with Gasteiger partial charge in [0.05, 0.1) is 19.9 Å². The molecule has 7 heteroatoms. The third kappa shape index (κ3) is 2.87. The van der Waals surface area contributed by atoms with E-state index in [-0.39, 0.29) is 0 Å². The zero-order chi connectivity index (χ0) is 17.2. The van der Waals surface area contributed by atoms with Crippen molar-refractivity contribution in [2.75, 3.05) is 20.0 Å². The highest BCUT2D eigenvalue weighted by Crippen LogP contribution is 2.32. The molecule has 126 valence electrons. The van der Waals surface area contributed by atoms with E-state index in [2.05, 4.69) is 10.2 Å². The number of ether oxygens (including phenoxy) is 2. The summed E-state index contributed by atoms with van der Waals surface area (Å²) in [6, 6.07) is 15.6. The minimum Gasteiger partial charge on any atom is -0.497 e. The lowest BCUT2D eigenvalue weighted by Gasteiger charge is -2.16. The van der Waals surface area contributed by atoms with E-state index in [0.29, 0.717) is 5.75 Å². The molecular formula is C18H16N4O2S. The van der Waals surface area contributed by atoms with Crippen molar-refractivity contribution in [1.82, 2.24) is 14.9 Å². The second-order valence-electron chi connectivity index (χ2n) is 5.39. The summed E-state index contributed by atoms with van der Waals surface area (Å²) in [6.45, 7) is 0. The molecule has 0 bridgehead atoms. The fourth-order valence-corrected chi connectivity index (χ4v) is 3.49. The van der Waals surface area contributed by atoms with Gasteiger partial charge in [0, 0.05) is 16.9 Å². The minimum atomic E-state index is 0.691. The highest BCUT2D eigenvalue weighted by atomic mass is 32.2. The van der Waals surface area contributed by atoms with Crippen molar-refractivity contribution in [3.63, 3.8) is 0 Å².